The van der Waals surface area contributed by atoms with Crippen LogP contribution in [-0.2, 0) is 9.53 Å². The highest BCUT2D eigenvalue weighted by Crippen LogP contribution is 2.28. The number of rotatable bonds is 6. The first kappa shape index (κ1) is 18.7. The molecule has 132 valence electrons. The molecular formula is C17H16ClFN2O4. The van der Waals surface area contributed by atoms with Gasteiger partial charge in [0, 0.05) is 18.7 Å². The zero-order chi connectivity index (χ0) is 18.4. The Morgan fingerprint density at radius 3 is 2.48 bits per heavy atom. The predicted octanol–water partition coefficient (Wildman–Crippen LogP) is 3.32. The van der Waals surface area contributed by atoms with Crippen LogP contribution < -0.4 is 15.4 Å². The molecule has 2 aromatic carbocycles. The summed E-state index contributed by atoms with van der Waals surface area (Å²) in [6.45, 7) is -0.137. The number of ether oxygens (including phenoxy) is 2. The monoisotopic (exact) mass is 366 g/mol. The summed E-state index contributed by atoms with van der Waals surface area (Å²) in [4.78, 5) is 24.1. The minimum absolute atomic E-state index is 0.0783. The number of hydrogen-bond donors (Lipinski definition) is 2. The zero-order valence-corrected chi connectivity index (χ0v) is 14.3. The third-order valence-electron chi connectivity index (χ3n) is 3.21. The minimum atomic E-state index is -0.700. The van der Waals surface area contributed by atoms with Gasteiger partial charge >= 0.3 is 0 Å². The minimum Gasteiger partial charge on any atom is -0.497 e. The van der Waals surface area contributed by atoms with Gasteiger partial charge in [-0.05, 0) is 30.3 Å². The molecule has 2 amide bonds. The third kappa shape index (κ3) is 4.91. The molecule has 2 rings (SSSR count). The summed E-state index contributed by atoms with van der Waals surface area (Å²) in [6.07, 6.45) is 0. The lowest BCUT2D eigenvalue weighted by Gasteiger charge is -2.14. The van der Waals surface area contributed by atoms with Crippen molar-refractivity contribution in [2.24, 2.45) is 0 Å². The Balaban J connectivity index is 2.27. The van der Waals surface area contributed by atoms with Crippen molar-refractivity contribution in [1.29, 1.82) is 0 Å². The number of amides is 2. The smallest absolute Gasteiger partial charge is 0.255 e. The number of carbonyl (C=O) groups excluding carboxylic acids is 2. The van der Waals surface area contributed by atoms with Crippen LogP contribution in [-0.4, -0.2) is 32.6 Å². The highest BCUT2D eigenvalue weighted by molar-refractivity contribution is 6.30. The van der Waals surface area contributed by atoms with Crippen molar-refractivity contribution in [3.05, 3.63) is 52.8 Å². The maximum atomic E-state index is 13.5. The van der Waals surface area contributed by atoms with Crippen LogP contribution in [0, 0.1) is 5.82 Å². The van der Waals surface area contributed by atoms with Gasteiger partial charge in [0.2, 0.25) is 5.91 Å². The summed E-state index contributed by atoms with van der Waals surface area (Å²) in [5.41, 5.74) is 0.730. The molecule has 2 N–H and O–H groups in total. The lowest BCUT2D eigenvalue weighted by Crippen LogP contribution is -2.19. The Kier molecular flexibility index (Phi) is 6.32. The van der Waals surface area contributed by atoms with Crippen LogP contribution in [0.1, 0.15) is 10.4 Å². The second-order valence-electron chi connectivity index (χ2n) is 4.98. The fraction of sp³-hybridized carbons (Fsp3) is 0.176. The molecule has 0 atom stereocenters. The highest BCUT2D eigenvalue weighted by Gasteiger charge is 2.14. The number of halogens is 2. The number of nitrogens with one attached hydrogen (secondary N) is 2. The van der Waals surface area contributed by atoms with Gasteiger partial charge in [-0.2, -0.15) is 0 Å². The van der Waals surface area contributed by atoms with E-state index >= 15 is 0 Å². The van der Waals surface area contributed by atoms with Crippen LogP contribution in [0.4, 0.5) is 15.8 Å². The molecule has 0 saturated carbocycles. The average Bonchev–Trinajstić information content (AvgIpc) is 2.59. The fourth-order valence-corrected chi connectivity index (χ4v) is 2.13. The zero-order valence-electron chi connectivity index (χ0n) is 13.6. The molecule has 0 unspecified atom stereocenters. The first-order chi connectivity index (χ1) is 11.9. The van der Waals surface area contributed by atoms with Gasteiger partial charge in [-0.3, -0.25) is 9.59 Å². The van der Waals surface area contributed by atoms with E-state index in [1.54, 1.807) is 12.1 Å². The maximum absolute atomic E-state index is 13.5. The molecule has 0 spiro atoms. The van der Waals surface area contributed by atoms with Gasteiger partial charge in [0.05, 0.1) is 23.5 Å². The van der Waals surface area contributed by atoms with E-state index in [1.165, 1.54) is 32.4 Å². The molecule has 0 aromatic heterocycles. The van der Waals surface area contributed by atoms with Gasteiger partial charge in [0.15, 0.2) is 0 Å². The van der Waals surface area contributed by atoms with E-state index in [4.69, 9.17) is 21.1 Å². The number of methoxy groups -OCH3 is 2. The van der Waals surface area contributed by atoms with E-state index in [0.717, 1.165) is 6.07 Å². The molecule has 0 aliphatic heterocycles. The van der Waals surface area contributed by atoms with Gasteiger partial charge in [0.1, 0.15) is 18.2 Å². The third-order valence-corrected chi connectivity index (χ3v) is 3.51. The summed E-state index contributed by atoms with van der Waals surface area (Å²) in [5.74, 6) is -1.18. The Bertz CT molecular complexity index is 798. The van der Waals surface area contributed by atoms with Crippen LogP contribution >= 0.6 is 11.6 Å². The van der Waals surface area contributed by atoms with Crippen molar-refractivity contribution in [2.75, 3.05) is 31.5 Å². The summed E-state index contributed by atoms with van der Waals surface area (Å²) in [7, 11) is 2.87. The SMILES string of the molecule is COCC(=O)Nc1ccc(OC)cc1NC(=O)c1ccc(Cl)c(F)c1. The van der Waals surface area contributed by atoms with E-state index in [9.17, 15) is 14.0 Å². The molecule has 0 radical (unpaired) electrons. The van der Waals surface area contributed by atoms with Crippen molar-refractivity contribution >= 4 is 34.8 Å². The van der Waals surface area contributed by atoms with Gasteiger partial charge in [-0.25, -0.2) is 4.39 Å². The quantitative estimate of drug-likeness (QED) is 0.822. The standard InChI is InChI=1S/C17H16ClFN2O4/c1-24-9-16(22)20-14-6-4-11(25-2)8-15(14)21-17(23)10-3-5-12(18)13(19)7-10/h3-8H,9H2,1-2H3,(H,20,22)(H,21,23). The molecule has 8 heteroatoms. The number of anilines is 2. The van der Waals surface area contributed by atoms with Crippen molar-refractivity contribution in [3.8, 4) is 5.75 Å². The summed E-state index contributed by atoms with van der Waals surface area (Å²) >= 11 is 5.61. The van der Waals surface area contributed by atoms with E-state index in [-0.39, 0.29) is 23.1 Å². The molecule has 0 fully saturated rings. The Hall–Kier alpha value is -2.64. The largest absolute Gasteiger partial charge is 0.497 e. The average molecular weight is 367 g/mol. The second-order valence-corrected chi connectivity index (χ2v) is 5.38. The lowest BCUT2D eigenvalue weighted by molar-refractivity contribution is -0.119. The molecule has 0 aliphatic carbocycles. The van der Waals surface area contributed by atoms with Crippen LogP contribution in [0.3, 0.4) is 0 Å². The van der Waals surface area contributed by atoms with Crippen LogP contribution in [0.2, 0.25) is 5.02 Å². The first-order valence-corrected chi connectivity index (χ1v) is 7.55. The normalized spacial score (nSPS) is 10.2. The van der Waals surface area contributed by atoms with Crippen molar-refractivity contribution in [1.82, 2.24) is 0 Å². The van der Waals surface area contributed by atoms with Crippen molar-refractivity contribution in [3.63, 3.8) is 0 Å². The molecule has 0 heterocycles. The fourth-order valence-electron chi connectivity index (χ4n) is 2.01. The van der Waals surface area contributed by atoms with E-state index in [0.29, 0.717) is 17.1 Å². The Labute approximate surface area is 148 Å². The molecule has 0 saturated heterocycles. The van der Waals surface area contributed by atoms with Gasteiger partial charge in [0.25, 0.3) is 5.91 Å². The Morgan fingerprint density at radius 1 is 1.08 bits per heavy atom. The molecular weight excluding hydrogens is 351 g/mol. The van der Waals surface area contributed by atoms with Crippen molar-refractivity contribution in [2.45, 2.75) is 0 Å². The first-order valence-electron chi connectivity index (χ1n) is 7.18. The summed E-state index contributed by atoms with van der Waals surface area (Å²) in [6, 6.07) is 8.45. The summed E-state index contributed by atoms with van der Waals surface area (Å²) < 4.78 is 23.4. The highest BCUT2D eigenvalue weighted by atomic mass is 35.5. The van der Waals surface area contributed by atoms with E-state index in [1.807, 2.05) is 0 Å². The van der Waals surface area contributed by atoms with Crippen LogP contribution in [0.15, 0.2) is 36.4 Å². The number of carbonyl (C=O) groups is 2. The van der Waals surface area contributed by atoms with Crippen molar-refractivity contribution < 1.29 is 23.5 Å². The number of hydrogen-bond acceptors (Lipinski definition) is 4. The number of benzene rings is 2. The molecule has 0 aliphatic rings. The second kappa shape index (κ2) is 8.46. The van der Waals surface area contributed by atoms with E-state index < -0.39 is 11.7 Å². The topological polar surface area (TPSA) is 76.7 Å². The predicted molar refractivity (Wildman–Crippen MR) is 92.9 cm³/mol. The Morgan fingerprint density at radius 2 is 1.84 bits per heavy atom. The van der Waals surface area contributed by atoms with E-state index in [2.05, 4.69) is 10.6 Å². The maximum Gasteiger partial charge on any atom is 0.255 e. The molecule has 25 heavy (non-hydrogen) atoms. The van der Waals surface area contributed by atoms with Gasteiger partial charge in [-0.1, -0.05) is 11.6 Å². The molecule has 6 nitrogen and oxygen atoms in total. The summed E-state index contributed by atoms with van der Waals surface area (Å²) in [5, 5.41) is 5.14. The molecule has 2 aromatic rings. The van der Waals surface area contributed by atoms with Gasteiger partial charge < -0.3 is 20.1 Å². The van der Waals surface area contributed by atoms with Crippen LogP contribution in [0.5, 0.6) is 5.75 Å². The molecule has 0 bridgehead atoms. The lowest BCUT2D eigenvalue weighted by atomic mass is 10.2. The van der Waals surface area contributed by atoms with Crippen LogP contribution in [0.25, 0.3) is 0 Å². The van der Waals surface area contributed by atoms with Gasteiger partial charge in [-0.15, -0.1) is 0 Å².